The number of carbonyl (C=O) groups excluding carboxylic acids is 2. The van der Waals surface area contributed by atoms with Gasteiger partial charge in [0, 0.05) is 6.42 Å². The third-order valence-corrected chi connectivity index (χ3v) is 4.62. The zero-order valence-corrected chi connectivity index (χ0v) is 14.5. The molecule has 2 amide bonds. The van der Waals surface area contributed by atoms with Crippen molar-refractivity contribution in [3.8, 4) is 5.75 Å². The molecular formula is C18H20N2O4S. The lowest BCUT2D eigenvalue weighted by Crippen LogP contribution is -2.34. The maximum absolute atomic E-state index is 11.9. The van der Waals surface area contributed by atoms with Crippen LogP contribution in [0.3, 0.4) is 0 Å². The lowest BCUT2D eigenvalue weighted by atomic mass is 10.3. The molecule has 0 radical (unpaired) electrons. The summed E-state index contributed by atoms with van der Waals surface area (Å²) < 4.78 is 10.8. The summed E-state index contributed by atoms with van der Waals surface area (Å²) in [6.07, 6.45) is 0.325. The number of benzene rings is 1. The van der Waals surface area contributed by atoms with Gasteiger partial charge in [0.2, 0.25) is 5.91 Å². The Morgan fingerprint density at radius 3 is 2.88 bits per heavy atom. The number of anilines is 1. The molecule has 1 aliphatic heterocycles. The van der Waals surface area contributed by atoms with Crippen LogP contribution in [0.25, 0.3) is 0 Å². The minimum atomic E-state index is -0.363. The van der Waals surface area contributed by atoms with Crippen molar-refractivity contribution < 1.29 is 19.1 Å². The highest BCUT2D eigenvalue weighted by Gasteiger charge is 2.32. The van der Waals surface area contributed by atoms with E-state index in [0.717, 1.165) is 10.8 Å². The maximum atomic E-state index is 11.9. The summed E-state index contributed by atoms with van der Waals surface area (Å²) in [5, 5.41) is 5.58. The molecule has 25 heavy (non-hydrogen) atoms. The number of cyclic esters (lactones) is 1. The Bertz CT molecular complexity index is 690. The van der Waals surface area contributed by atoms with Crippen molar-refractivity contribution in [3.63, 3.8) is 0 Å². The predicted molar refractivity (Wildman–Crippen MR) is 96.1 cm³/mol. The summed E-state index contributed by atoms with van der Waals surface area (Å²) >= 11 is 1.49. The molecule has 1 atom stereocenters. The van der Waals surface area contributed by atoms with Gasteiger partial charge in [-0.3, -0.25) is 9.69 Å². The number of thiophene rings is 1. The van der Waals surface area contributed by atoms with Crippen LogP contribution in [0.5, 0.6) is 5.75 Å². The lowest BCUT2D eigenvalue weighted by Gasteiger charge is -2.11. The fourth-order valence-corrected chi connectivity index (χ4v) is 3.22. The topological polar surface area (TPSA) is 67.9 Å². The Morgan fingerprint density at radius 1 is 1.28 bits per heavy atom. The molecule has 1 unspecified atom stereocenters. The van der Waals surface area contributed by atoms with Crippen molar-refractivity contribution in [3.05, 3.63) is 47.8 Å². The van der Waals surface area contributed by atoms with Crippen LogP contribution in [0, 0.1) is 0 Å². The molecule has 2 aromatic rings. The van der Waals surface area contributed by atoms with Crippen LogP contribution in [0.2, 0.25) is 0 Å². The highest BCUT2D eigenvalue weighted by Crippen LogP contribution is 2.26. The number of rotatable bonds is 8. The molecule has 0 saturated carbocycles. The Kier molecular flexibility index (Phi) is 5.90. The monoisotopic (exact) mass is 360 g/mol. The molecule has 6 nitrogen and oxygen atoms in total. The molecule has 1 aromatic carbocycles. The van der Waals surface area contributed by atoms with Gasteiger partial charge in [-0.15, -0.1) is 11.3 Å². The molecule has 3 rings (SSSR count). The largest absolute Gasteiger partial charge is 0.494 e. The first-order chi connectivity index (χ1) is 12.2. The minimum Gasteiger partial charge on any atom is -0.494 e. The van der Waals surface area contributed by atoms with E-state index in [1.165, 1.54) is 11.3 Å². The number of hydrogen-bond donors (Lipinski definition) is 1. The third-order valence-electron chi connectivity index (χ3n) is 3.73. The maximum Gasteiger partial charge on any atom is 0.415 e. The van der Waals surface area contributed by atoms with E-state index in [-0.39, 0.29) is 18.1 Å². The van der Waals surface area contributed by atoms with Crippen molar-refractivity contribution in [2.45, 2.75) is 18.9 Å². The molecule has 1 N–H and O–H groups in total. The smallest absolute Gasteiger partial charge is 0.415 e. The summed E-state index contributed by atoms with van der Waals surface area (Å²) in [6, 6.07) is 13.3. The molecule has 132 valence electrons. The van der Waals surface area contributed by atoms with E-state index in [1.807, 2.05) is 47.8 Å². The van der Waals surface area contributed by atoms with Crippen LogP contribution >= 0.6 is 11.3 Å². The second kappa shape index (κ2) is 8.53. The molecule has 0 spiro atoms. The average molecular weight is 360 g/mol. The first-order valence-electron chi connectivity index (χ1n) is 8.18. The highest BCUT2D eigenvalue weighted by molar-refractivity contribution is 7.14. The third kappa shape index (κ3) is 4.96. The van der Waals surface area contributed by atoms with Crippen LogP contribution < -0.4 is 15.0 Å². The Labute approximate surface area is 150 Å². The van der Waals surface area contributed by atoms with Crippen molar-refractivity contribution in [1.82, 2.24) is 5.32 Å². The zero-order valence-electron chi connectivity index (χ0n) is 13.7. The molecular weight excluding hydrogens is 340 g/mol. The van der Waals surface area contributed by atoms with Gasteiger partial charge >= 0.3 is 6.09 Å². The van der Waals surface area contributed by atoms with Crippen LogP contribution in [-0.2, 0) is 9.53 Å². The quantitative estimate of drug-likeness (QED) is 0.735. The fraction of sp³-hybridized carbons (Fsp3) is 0.333. The summed E-state index contributed by atoms with van der Waals surface area (Å²) in [6.45, 7) is 1.27. The molecule has 2 heterocycles. The van der Waals surface area contributed by atoms with Crippen LogP contribution in [0.4, 0.5) is 9.80 Å². The Morgan fingerprint density at radius 2 is 2.12 bits per heavy atom. The van der Waals surface area contributed by atoms with Crippen molar-refractivity contribution in [2.24, 2.45) is 0 Å². The molecule has 1 saturated heterocycles. The van der Waals surface area contributed by atoms with E-state index in [2.05, 4.69) is 5.32 Å². The molecule has 1 aromatic heterocycles. The minimum absolute atomic E-state index is 0.0673. The zero-order chi connectivity index (χ0) is 17.5. The van der Waals surface area contributed by atoms with Crippen molar-refractivity contribution in [1.29, 1.82) is 0 Å². The second-order valence-corrected chi connectivity index (χ2v) is 6.56. The van der Waals surface area contributed by atoms with Gasteiger partial charge in [-0.2, -0.15) is 0 Å². The number of carbonyl (C=O) groups is 2. The number of nitrogens with one attached hydrogen (secondary N) is 1. The van der Waals surface area contributed by atoms with E-state index in [9.17, 15) is 9.59 Å². The standard InChI is InChI=1S/C18H20N2O4S/c21-16(8-4-10-23-14-6-2-1-3-7-14)19-12-15-13-20(18(22)24-15)17-9-5-11-25-17/h1-3,5-7,9,11,15H,4,8,10,12-13H2,(H,19,21). The van der Waals surface area contributed by atoms with Crippen LogP contribution in [-0.4, -0.2) is 37.8 Å². The van der Waals surface area contributed by atoms with Gasteiger partial charge < -0.3 is 14.8 Å². The summed E-state index contributed by atoms with van der Waals surface area (Å²) in [5.41, 5.74) is 0. The van der Waals surface area contributed by atoms with Crippen molar-refractivity contribution in [2.75, 3.05) is 24.6 Å². The van der Waals surface area contributed by atoms with E-state index in [1.54, 1.807) is 4.90 Å². The average Bonchev–Trinajstić information content (AvgIpc) is 3.27. The number of nitrogens with zero attached hydrogens (tertiary/aromatic N) is 1. The first-order valence-corrected chi connectivity index (χ1v) is 9.06. The van der Waals surface area contributed by atoms with Crippen LogP contribution in [0.1, 0.15) is 12.8 Å². The first kappa shape index (κ1) is 17.3. The molecule has 0 aliphatic carbocycles. The van der Waals surface area contributed by atoms with E-state index in [0.29, 0.717) is 32.5 Å². The molecule has 1 aliphatic rings. The SMILES string of the molecule is O=C(CCCOc1ccccc1)NCC1CN(c2cccs2)C(=O)O1. The second-order valence-electron chi connectivity index (χ2n) is 5.64. The van der Waals surface area contributed by atoms with Gasteiger partial charge in [0.1, 0.15) is 16.9 Å². The van der Waals surface area contributed by atoms with Crippen molar-refractivity contribution >= 4 is 28.3 Å². The Hall–Kier alpha value is -2.54. The molecule has 0 bridgehead atoms. The predicted octanol–water partition coefficient (Wildman–Crippen LogP) is 3.05. The molecule has 7 heteroatoms. The van der Waals surface area contributed by atoms with Gasteiger partial charge in [-0.05, 0) is 36.1 Å². The summed E-state index contributed by atoms with van der Waals surface area (Å²) in [5.74, 6) is 0.733. The normalized spacial score (nSPS) is 16.6. The summed E-state index contributed by atoms with van der Waals surface area (Å²) in [7, 11) is 0. The van der Waals surface area contributed by atoms with Gasteiger partial charge in [-0.1, -0.05) is 18.2 Å². The summed E-state index contributed by atoms with van der Waals surface area (Å²) in [4.78, 5) is 25.3. The van der Waals surface area contributed by atoms with Gasteiger partial charge in [0.15, 0.2) is 0 Å². The fourth-order valence-electron chi connectivity index (χ4n) is 2.49. The number of ether oxygens (including phenoxy) is 2. The van der Waals surface area contributed by atoms with E-state index < -0.39 is 0 Å². The van der Waals surface area contributed by atoms with Crippen LogP contribution in [0.15, 0.2) is 47.8 Å². The number of amides is 2. The lowest BCUT2D eigenvalue weighted by molar-refractivity contribution is -0.121. The Balaban J connectivity index is 1.32. The molecule has 1 fully saturated rings. The number of hydrogen-bond acceptors (Lipinski definition) is 5. The highest BCUT2D eigenvalue weighted by atomic mass is 32.1. The van der Waals surface area contributed by atoms with E-state index >= 15 is 0 Å². The van der Waals surface area contributed by atoms with Gasteiger partial charge in [0.25, 0.3) is 0 Å². The van der Waals surface area contributed by atoms with E-state index in [4.69, 9.17) is 9.47 Å². The van der Waals surface area contributed by atoms with Gasteiger partial charge in [0.05, 0.1) is 19.7 Å². The number of para-hydroxylation sites is 1. The van der Waals surface area contributed by atoms with Gasteiger partial charge in [-0.25, -0.2) is 4.79 Å².